The van der Waals surface area contributed by atoms with Crippen LogP contribution >= 0.6 is 0 Å². The molecule has 0 saturated carbocycles. The molecule has 0 fully saturated rings. The third kappa shape index (κ3) is 3.71. The zero-order chi connectivity index (χ0) is 21.1. The first-order chi connectivity index (χ1) is 14.6. The molecule has 1 aliphatic rings. The van der Waals surface area contributed by atoms with E-state index < -0.39 is 0 Å². The van der Waals surface area contributed by atoms with E-state index in [-0.39, 0.29) is 11.9 Å². The van der Waals surface area contributed by atoms with Gasteiger partial charge >= 0.3 is 0 Å². The smallest absolute Gasteiger partial charge is 0.273 e. The molecule has 1 aromatic heterocycles. The number of methoxy groups -OCH3 is 1. The van der Waals surface area contributed by atoms with Gasteiger partial charge in [-0.1, -0.05) is 48.9 Å². The first kappa shape index (κ1) is 20.2. The van der Waals surface area contributed by atoms with Crippen LogP contribution in [0.1, 0.15) is 46.6 Å². The minimum absolute atomic E-state index is 0.0516. The average molecular weight is 405 g/mol. The monoisotopic (exact) mass is 405 g/mol. The fourth-order valence-electron chi connectivity index (χ4n) is 3.86. The molecule has 1 amide bonds. The first-order valence-electron chi connectivity index (χ1n) is 10.3. The van der Waals surface area contributed by atoms with Crippen LogP contribution in [-0.2, 0) is 4.74 Å². The number of carbonyl (C=O) groups is 1. The van der Waals surface area contributed by atoms with E-state index in [1.807, 2.05) is 41.3 Å². The molecule has 2 aromatic carbocycles. The maximum absolute atomic E-state index is 13.2. The molecule has 1 aliphatic heterocycles. The zero-order valence-corrected chi connectivity index (χ0v) is 17.6. The summed E-state index contributed by atoms with van der Waals surface area (Å²) in [5, 5.41) is 7.50. The summed E-state index contributed by atoms with van der Waals surface area (Å²) in [5.74, 6) is 0.781. The molecule has 3 aromatic rings. The number of rotatable bonds is 8. The largest absolute Gasteiger partial charge is 0.494 e. The Hall–Kier alpha value is -3.12. The number of amides is 1. The zero-order valence-electron chi connectivity index (χ0n) is 17.6. The topological polar surface area (TPSA) is 67.5 Å². The molecule has 156 valence electrons. The highest BCUT2D eigenvalue weighted by Crippen LogP contribution is 2.42. The van der Waals surface area contributed by atoms with Crippen molar-refractivity contribution in [2.75, 3.05) is 26.9 Å². The number of ether oxygens (including phenoxy) is 2. The Morgan fingerprint density at radius 3 is 2.47 bits per heavy atom. The number of aromatic amines is 1. The minimum Gasteiger partial charge on any atom is -0.494 e. The summed E-state index contributed by atoms with van der Waals surface area (Å²) in [4.78, 5) is 15.0. The highest BCUT2D eigenvalue weighted by atomic mass is 16.5. The Kier molecular flexibility index (Phi) is 5.86. The molecular formula is C24H27N3O3. The van der Waals surface area contributed by atoms with Gasteiger partial charge in [-0.15, -0.1) is 0 Å². The summed E-state index contributed by atoms with van der Waals surface area (Å²) in [6.45, 7) is 5.80. The normalized spacial score (nSPS) is 15.5. The van der Waals surface area contributed by atoms with Crippen LogP contribution in [0, 0.1) is 6.92 Å². The van der Waals surface area contributed by atoms with Gasteiger partial charge in [-0.25, -0.2) is 0 Å². The van der Waals surface area contributed by atoms with Gasteiger partial charge in [0.1, 0.15) is 11.4 Å². The van der Waals surface area contributed by atoms with Crippen LogP contribution in [0.3, 0.4) is 0 Å². The molecule has 6 nitrogen and oxygen atoms in total. The summed E-state index contributed by atoms with van der Waals surface area (Å²) < 4.78 is 11.0. The summed E-state index contributed by atoms with van der Waals surface area (Å²) >= 11 is 0. The van der Waals surface area contributed by atoms with Crippen molar-refractivity contribution in [2.24, 2.45) is 0 Å². The average Bonchev–Trinajstić information content (AvgIpc) is 3.31. The predicted octanol–water partition coefficient (Wildman–Crippen LogP) is 4.37. The molecule has 1 N–H and O–H groups in total. The van der Waals surface area contributed by atoms with Crippen molar-refractivity contribution in [1.82, 2.24) is 15.1 Å². The van der Waals surface area contributed by atoms with Crippen LogP contribution < -0.4 is 4.74 Å². The van der Waals surface area contributed by atoms with E-state index in [0.717, 1.165) is 34.6 Å². The highest BCUT2D eigenvalue weighted by molar-refractivity contribution is 6.00. The maximum atomic E-state index is 13.2. The fraction of sp³-hybridized carbons (Fsp3) is 0.333. The number of hydrogen-bond donors (Lipinski definition) is 1. The minimum atomic E-state index is -0.224. The molecule has 30 heavy (non-hydrogen) atoms. The molecule has 1 unspecified atom stereocenters. The van der Waals surface area contributed by atoms with Crippen molar-refractivity contribution in [2.45, 2.75) is 26.3 Å². The number of benzene rings is 2. The van der Waals surface area contributed by atoms with Gasteiger partial charge < -0.3 is 14.4 Å². The van der Waals surface area contributed by atoms with E-state index >= 15 is 0 Å². The summed E-state index contributed by atoms with van der Waals surface area (Å²) in [7, 11) is 1.65. The number of fused-ring (bicyclic) bond motifs is 1. The lowest BCUT2D eigenvalue weighted by molar-refractivity contribution is 0.0677. The van der Waals surface area contributed by atoms with Crippen LogP contribution in [0.5, 0.6) is 5.75 Å². The van der Waals surface area contributed by atoms with Crippen molar-refractivity contribution in [3.63, 3.8) is 0 Å². The van der Waals surface area contributed by atoms with Crippen LogP contribution in [-0.4, -0.2) is 47.9 Å². The molecular weight excluding hydrogens is 378 g/mol. The molecule has 4 rings (SSSR count). The quantitative estimate of drug-likeness (QED) is 0.604. The second kappa shape index (κ2) is 8.71. The lowest BCUT2D eigenvalue weighted by atomic mass is 9.95. The number of carbonyl (C=O) groups excluding carboxylic acids is 1. The standard InChI is InChI=1S/C24H27N3O3/c1-4-14-30-19-11-9-18(10-12-19)23-20-21(17-7-5-16(2)6-8-17)25-26-22(20)24(28)27(23)13-15-29-3/h5-12,23H,4,13-15H2,1-3H3,(H,25,26). The van der Waals surface area contributed by atoms with Crippen molar-refractivity contribution >= 4 is 5.91 Å². The molecule has 0 aliphatic carbocycles. The Labute approximate surface area is 176 Å². The predicted molar refractivity (Wildman–Crippen MR) is 116 cm³/mol. The van der Waals surface area contributed by atoms with E-state index in [0.29, 0.717) is 25.5 Å². The number of nitrogens with zero attached hydrogens (tertiary/aromatic N) is 2. The lowest BCUT2D eigenvalue weighted by Crippen LogP contribution is -2.32. The van der Waals surface area contributed by atoms with Gasteiger partial charge in [-0.05, 0) is 31.0 Å². The highest BCUT2D eigenvalue weighted by Gasteiger charge is 2.41. The first-order valence-corrected chi connectivity index (χ1v) is 10.3. The van der Waals surface area contributed by atoms with Crippen LogP contribution in [0.15, 0.2) is 48.5 Å². The molecule has 2 heterocycles. The third-order valence-corrected chi connectivity index (χ3v) is 5.39. The van der Waals surface area contributed by atoms with E-state index in [1.165, 1.54) is 5.56 Å². The van der Waals surface area contributed by atoms with E-state index in [9.17, 15) is 4.79 Å². The van der Waals surface area contributed by atoms with Crippen molar-refractivity contribution < 1.29 is 14.3 Å². The molecule has 0 saturated heterocycles. The number of aryl methyl sites for hydroxylation is 1. The third-order valence-electron chi connectivity index (χ3n) is 5.39. The van der Waals surface area contributed by atoms with Gasteiger partial charge in [0.25, 0.3) is 5.91 Å². The van der Waals surface area contributed by atoms with Crippen LogP contribution in [0.2, 0.25) is 0 Å². The number of H-pyrrole nitrogens is 1. The Morgan fingerprint density at radius 1 is 1.07 bits per heavy atom. The summed E-state index contributed by atoms with van der Waals surface area (Å²) in [5.41, 5.74) is 5.49. The van der Waals surface area contributed by atoms with E-state index in [2.05, 4.69) is 36.2 Å². The van der Waals surface area contributed by atoms with Gasteiger partial charge in [0.15, 0.2) is 0 Å². The number of hydrogen-bond acceptors (Lipinski definition) is 4. The second-order valence-corrected chi connectivity index (χ2v) is 7.54. The Balaban J connectivity index is 1.76. The van der Waals surface area contributed by atoms with Crippen LogP contribution in [0.25, 0.3) is 11.3 Å². The SMILES string of the molecule is CCCOc1ccc(C2c3c(-c4ccc(C)cc4)n[nH]c3C(=O)N2CCOC)cc1. The van der Waals surface area contributed by atoms with E-state index in [4.69, 9.17) is 9.47 Å². The lowest BCUT2D eigenvalue weighted by Gasteiger charge is -2.26. The van der Waals surface area contributed by atoms with Gasteiger partial charge in [0.05, 0.1) is 24.9 Å². The van der Waals surface area contributed by atoms with Crippen molar-refractivity contribution in [1.29, 1.82) is 0 Å². The van der Waals surface area contributed by atoms with Gasteiger partial charge in [-0.3, -0.25) is 9.89 Å². The fourth-order valence-corrected chi connectivity index (χ4v) is 3.86. The Morgan fingerprint density at radius 2 is 1.80 bits per heavy atom. The number of nitrogens with one attached hydrogen (secondary N) is 1. The van der Waals surface area contributed by atoms with Gasteiger partial charge in [-0.2, -0.15) is 5.10 Å². The second-order valence-electron chi connectivity index (χ2n) is 7.54. The van der Waals surface area contributed by atoms with Crippen molar-refractivity contribution in [3.05, 3.63) is 70.9 Å². The molecule has 6 heteroatoms. The molecule has 0 bridgehead atoms. The van der Waals surface area contributed by atoms with Gasteiger partial charge in [0.2, 0.25) is 0 Å². The number of aromatic nitrogens is 2. The summed E-state index contributed by atoms with van der Waals surface area (Å²) in [6.07, 6.45) is 0.960. The molecule has 0 radical (unpaired) electrons. The van der Waals surface area contributed by atoms with Crippen LogP contribution in [0.4, 0.5) is 0 Å². The van der Waals surface area contributed by atoms with Gasteiger partial charge in [0, 0.05) is 24.8 Å². The maximum Gasteiger partial charge on any atom is 0.273 e. The van der Waals surface area contributed by atoms with Crippen molar-refractivity contribution in [3.8, 4) is 17.0 Å². The Bertz CT molecular complexity index is 1010. The molecule has 1 atom stereocenters. The van der Waals surface area contributed by atoms with E-state index in [1.54, 1.807) is 7.11 Å². The summed E-state index contributed by atoms with van der Waals surface area (Å²) in [6, 6.07) is 16.0. The molecule has 0 spiro atoms.